The van der Waals surface area contributed by atoms with Gasteiger partial charge in [0, 0.05) is 23.6 Å². The maximum Gasteiger partial charge on any atom is 0.251 e. The van der Waals surface area contributed by atoms with Gasteiger partial charge in [-0.3, -0.25) is 9.59 Å². The molecule has 0 saturated carbocycles. The van der Waals surface area contributed by atoms with Gasteiger partial charge in [-0.05, 0) is 37.1 Å². The summed E-state index contributed by atoms with van der Waals surface area (Å²) in [6, 6.07) is 15.4. The summed E-state index contributed by atoms with van der Waals surface area (Å²) in [5.41, 5.74) is 2.39. The van der Waals surface area contributed by atoms with Crippen LogP contribution in [0.2, 0.25) is 0 Å². The van der Waals surface area contributed by atoms with Gasteiger partial charge in [-0.25, -0.2) is 0 Å². The highest BCUT2D eigenvalue weighted by Crippen LogP contribution is 2.35. The standard InChI is InChI=1S/C20H22N2O3S/c1-14-19(23)22-17-12-16(8-9-18(17)26-14)20(24)21-10-5-11-25-13-15-6-3-2-4-7-15/h2-4,6-9,12,14H,5,10-11,13H2,1H3,(H,21,24)(H,22,23)/t14-/m1/s1. The van der Waals surface area contributed by atoms with Crippen LogP contribution in [0.25, 0.3) is 0 Å². The maximum absolute atomic E-state index is 12.3. The number of hydrogen-bond donors (Lipinski definition) is 2. The van der Waals surface area contributed by atoms with Crippen LogP contribution in [0.3, 0.4) is 0 Å². The van der Waals surface area contributed by atoms with Gasteiger partial charge in [0.1, 0.15) is 0 Å². The Labute approximate surface area is 157 Å². The lowest BCUT2D eigenvalue weighted by Crippen LogP contribution is -2.28. The number of rotatable bonds is 7. The van der Waals surface area contributed by atoms with Crippen LogP contribution in [0.15, 0.2) is 53.4 Å². The van der Waals surface area contributed by atoms with Gasteiger partial charge >= 0.3 is 0 Å². The topological polar surface area (TPSA) is 67.4 Å². The Morgan fingerprint density at radius 2 is 2.04 bits per heavy atom. The first-order chi connectivity index (χ1) is 12.6. The molecule has 1 aliphatic rings. The third-order valence-electron chi connectivity index (χ3n) is 4.04. The fourth-order valence-corrected chi connectivity index (χ4v) is 3.52. The summed E-state index contributed by atoms with van der Waals surface area (Å²) >= 11 is 1.51. The van der Waals surface area contributed by atoms with Gasteiger partial charge in [-0.1, -0.05) is 30.3 Å². The highest BCUT2D eigenvalue weighted by atomic mass is 32.2. The lowest BCUT2D eigenvalue weighted by molar-refractivity contribution is -0.115. The van der Waals surface area contributed by atoms with Crippen molar-refractivity contribution in [1.82, 2.24) is 5.32 Å². The number of hydrogen-bond acceptors (Lipinski definition) is 4. The van der Waals surface area contributed by atoms with Gasteiger partial charge in [0.05, 0.1) is 17.5 Å². The van der Waals surface area contributed by atoms with Gasteiger partial charge in [0.25, 0.3) is 5.91 Å². The van der Waals surface area contributed by atoms with E-state index in [-0.39, 0.29) is 17.1 Å². The van der Waals surface area contributed by atoms with Crippen LogP contribution in [0.1, 0.15) is 29.3 Å². The molecule has 0 spiro atoms. The Morgan fingerprint density at radius 1 is 1.23 bits per heavy atom. The molecule has 5 nitrogen and oxygen atoms in total. The summed E-state index contributed by atoms with van der Waals surface area (Å²) < 4.78 is 5.60. The third-order valence-corrected chi connectivity index (χ3v) is 5.21. The van der Waals surface area contributed by atoms with Crippen molar-refractivity contribution in [2.24, 2.45) is 0 Å². The van der Waals surface area contributed by atoms with Crippen LogP contribution in [0, 0.1) is 0 Å². The molecule has 0 saturated heterocycles. The van der Waals surface area contributed by atoms with Crippen molar-refractivity contribution in [2.75, 3.05) is 18.5 Å². The van der Waals surface area contributed by atoms with Crippen molar-refractivity contribution in [1.29, 1.82) is 0 Å². The Hall–Kier alpha value is -2.31. The molecule has 0 bridgehead atoms. The average Bonchev–Trinajstić information content (AvgIpc) is 2.66. The van der Waals surface area contributed by atoms with Crippen LogP contribution >= 0.6 is 11.8 Å². The summed E-state index contributed by atoms with van der Waals surface area (Å²) in [5, 5.41) is 5.62. The van der Waals surface area contributed by atoms with Crippen LogP contribution in [-0.2, 0) is 16.1 Å². The van der Waals surface area contributed by atoms with E-state index in [2.05, 4.69) is 10.6 Å². The van der Waals surface area contributed by atoms with Gasteiger partial charge in [0.2, 0.25) is 5.91 Å². The number of ether oxygens (including phenoxy) is 1. The zero-order chi connectivity index (χ0) is 18.4. The highest BCUT2D eigenvalue weighted by Gasteiger charge is 2.23. The van der Waals surface area contributed by atoms with Gasteiger partial charge in [-0.15, -0.1) is 11.8 Å². The van der Waals surface area contributed by atoms with E-state index in [0.29, 0.717) is 31.0 Å². The fraction of sp³-hybridized carbons (Fsp3) is 0.300. The molecule has 6 heteroatoms. The van der Waals surface area contributed by atoms with E-state index < -0.39 is 0 Å². The molecule has 1 atom stereocenters. The number of benzene rings is 2. The Balaban J connectivity index is 1.41. The minimum absolute atomic E-state index is 0.0318. The van der Waals surface area contributed by atoms with E-state index in [9.17, 15) is 9.59 Å². The molecule has 2 aromatic rings. The minimum Gasteiger partial charge on any atom is -0.377 e. The molecule has 2 N–H and O–H groups in total. The molecule has 3 rings (SSSR count). The zero-order valence-corrected chi connectivity index (χ0v) is 15.5. The molecule has 2 amide bonds. The van der Waals surface area contributed by atoms with Gasteiger partial charge in [0.15, 0.2) is 0 Å². The predicted molar refractivity (Wildman–Crippen MR) is 103 cm³/mol. The number of fused-ring (bicyclic) bond motifs is 1. The molecule has 136 valence electrons. The molecule has 0 radical (unpaired) electrons. The Kier molecular flexibility index (Phi) is 6.30. The Morgan fingerprint density at radius 3 is 2.85 bits per heavy atom. The normalized spacial score (nSPS) is 15.9. The summed E-state index contributed by atoms with van der Waals surface area (Å²) in [6.07, 6.45) is 0.744. The van der Waals surface area contributed by atoms with Crippen molar-refractivity contribution < 1.29 is 14.3 Å². The molecule has 0 fully saturated rings. The average molecular weight is 370 g/mol. The van der Waals surface area contributed by atoms with E-state index >= 15 is 0 Å². The van der Waals surface area contributed by atoms with Crippen LogP contribution in [-0.4, -0.2) is 30.2 Å². The number of nitrogens with one attached hydrogen (secondary N) is 2. The molecule has 1 aliphatic heterocycles. The van der Waals surface area contributed by atoms with E-state index in [4.69, 9.17) is 4.74 Å². The van der Waals surface area contributed by atoms with Crippen molar-refractivity contribution in [3.63, 3.8) is 0 Å². The zero-order valence-electron chi connectivity index (χ0n) is 14.7. The van der Waals surface area contributed by atoms with Crippen molar-refractivity contribution >= 4 is 29.3 Å². The summed E-state index contributed by atoms with van der Waals surface area (Å²) in [6.45, 7) is 3.58. The molecule has 0 aromatic heterocycles. The molecule has 0 aliphatic carbocycles. The summed E-state index contributed by atoms with van der Waals surface area (Å²) in [4.78, 5) is 25.0. The lowest BCUT2D eigenvalue weighted by atomic mass is 10.1. The first-order valence-corrected chi connectivity index (χ1v) is 9.53. The van der Waals surface area contributed by atoms with Crippen LogP contribution in [0.4, 0.5) is 5.69 Å². The minimum atomic E-state index is -0.145. The molecule has 1 heterocycles. The van der Waals surface area contributed by atoms with Gasteiger partial charge < -0.3 is 15.4 Å². The number of carbonyl (C=O) groups is 2. The van der Waals surface area contributed by atoms with Gasteiger partial charge in [-0.2, -0.15) is 0 Å². The Bertz CT molecular complexity index is 780. The predicted octanol–water partition coefficient (Wildman–Crippen LogP) is 3.46. The van der Waals surface area contributed by atoms with E-state index in [0.717, 1.165) is 16.9 Å². The van der Waals surface area contributed by atoms with Crippen LogP contribution in [0.5, 0.6) is 0 Å². The van der Waals surface area contributed by atoms with Crippen molar-refractivity contribution in [3.8, 4) is 0 Å². The van der Waals surface area contributed by atoms with E-state index in [1.54, 1.807) is 12.1 Å². The quantitative estimate of drug-likeness (QED) is 0.733. The summed E-state index contributed by atoms with van der Waals surface area (Å²) in [7, 11) is 0. The van der Waals surface area contributed by atoms with Crippen molar-refractivity contribution in [2.45, 2.75) is 30.1 Å². The molecule has 26 heavy (non-hydrogen) atoms. The molecule has 2 aromatic carbocycles. The number of thioether (sulfide) groups is 1. The smallest absolute Gasteiger partial charge is 0.251 e. The number of anilines is 1. The molecular weight excluding hydrogens is 348 g/mol. The molecule has 0 unspecified atom stereocenters. The second-order valence-corrected chi connectivity index (χ2v) is 7.49. The van der Waals surface area contributed by atoms with Crippen LogP contribution < -0.4 is 10.6 Å². The monoisotopic (exact) mass is 370 g/mol. The number of carbonyl (C=O) groups excluding carboxylic acids is 2. The second kappa shape index (κ2) is 8.87. The summed E-state index contributed by atoms with van der Waals surface area (Å²) in [5.74, 6) is -0.177. The first-order valence-electron chi connectivity index (χ1n) is 8.65. The van der Waals surface area contributed by atoms with Crippen molar-refractivity contribution in [3.05, 3.63) is 59.7 Å². The SMILES string of the molecule is C[C@H]1Sc2ccc(C(=O)NCCCOCc3ccccc3)cc2NC1=O. The third kappa shape index (κ3) is 4.86. The fourth-order valence-electron chi connectivity index (χ4n) is 2.59. The van der Waals surface area contributed by atoms with E-state index in [1.807, 2.05) is 43.3 Å². The lowest BCUT2D eigenvalue weighted by Gasteiger charge is -2.21. The van der Waals surface area contributed by atoms with E-state index in [1.165, 1.54) is 11.8 Å². The maximum atomic E-state index is 12.3. The highest BCUT2D eigenvalue weighted by molar-refractivity contribution is 8.00. The largest absolute Gasteiger partial charge is 0.377 e. The molecular formula is C20H22N2O3S. The first kappa shape index (κ1) is 18.5. The second-order valence-electron chi connectivity index (χ2n) is 6.11. The number of amides is 2.